The Morgan fingerprint density at radius 2 is 1.55 bits per heavy atom. The molecule has 0 atom stereocenters. The number of H-pyrrole nitrogens is 1. The Hall–Kier alpha value is -2.88. The number of halogens is 5. The summed E-state index contributed by atoms with van der Waals surface area (Å²) in [5, 5.41) is 0.893. The summed E-state index contributed by atoms with van der Waals surface area (Å²) in [6.07, 6.45) is -4.82. The van der Waals surface area contributed by atoms with Gasteiger partial charge >= 0.3 is 6.18 Å². The highest BCUT2D eigenvalue weighted by Gasteiger charge is 2.35. The Balaban J connectivity index is 1.42. The van der Waals surface area contributed by atoms with E-state index >= 15 is 0 Å². The zero-order chi connectivity index (χ0) is 22.3. The molecule has 1 fully saturated rings. The molecule has 0 unspecified atom stereocenters. The van der Waals surface area contributed by atoms with Gasteiger partial charge in [-0.05, 0) is 36.4 Å². The van der Waals surface area contributed by atoms with Crippen LogP contribution in [0.1, 0.15) is 26.4 Å². The minimum atomic E-state index is -4.82. The second kappa shape index (κ2) is 7.99. The second-order valence-corrected chi connectivity index (χ2v) is 8.11. The molecule has 1 N–H and O–H groups in total. The van der Waals surface area contributed by atoms with E-state index in [1.165, 1.54) is 4.90 Å². The molecule has 3 aromatic rings. The number of benzene rings is 2. The van der Waals surface area contributed by atoms with Gasteiger partial charge in [-0.15, -0.1) is 0 Å². The zero-order valence-electron chi connectivity index (χ0n) is 16.0. The maximum Gasteiger partial charge on any atom is 0.419 e. The van der Waals surface area contributed by atoms with E-state index in [-0.39, 0.29) is 37.6 Å². The highest BCUT2D eigenvalue weighted by atomic mass is 79.9. The molecule has 2 amide bonds. The minimum absolute atomic E-state index is 0.161. The van der Waals surface area contributed by atoms with Crippen molar-refractivity contribution >= 4 is 38.6 Å². The van der Waals surface area contributed by atoms with Crippen molar-refractivity contribution < 1.29 is 27.2 Å². The third kappa shape index (κ3) is 4.30. The molecule has 4 rings (SSSR count). The molecule has 1 saturated heterocycles. The van der Waals surface area contributed by atoms with Crippen molar-refractivity contribution in [2.24, 2.45) is 0 Å². The van der Waals surface area contributed by atoms with E-state index in [4.69, 9.17) is 0 Å². The van der Waals surface area contributed by atoms with E-state index in [1.807, 2.05) is 18.2 Å². The summed E-state index contributed by atoms with van der Waals surface area (Å²) in [7, 11) is 0. The molecule has 162 valence electrons. The molecule has 2 aromatic carbocycles. The highest BCUT2D eigenvalue weighted by molar-refractivity contribution is 9.10. The smallest absolute Gasteiger partial charge is 0.350 e. The lowest BCUT2D eigenvalue weighted by Crippen LogP contribution is -2.50. The average Bonchev–Trinajstić information content (AvgIpc) is 3.15. The molecule has 0 aliphatic carbocycles. The van der Waals surface area contributed by atoms with Crippen molar-refractivity contribution in [3.63, 3.8) is 0 Å². The number of nitrogens with zero attached hydrogens (tertiary/aromatic N) is 2. The van der Waals surface area contributed by atoms with Gasteiger partial charge in [-0.25, -0.2) is 4.39 Å². The van der Waals surface area contributed by atoms with Crippen molar-refractivity contribution in [2.75, 3.05) is 26.2 Å². The molecular formula is C21H16BrF4N3O2. The van der Waals surface area contributed by atoms with E-state index in [2.05, 4.69) is 20.9 Å². The average molecular weight is 498 g/mol. The third-order valence-corrected chi connectivity index (χ3v) is 5.68. The van der Waals surface area contributed by atoms with E-state index in [9.17, 15) is 27.2 Å². The van der Waals surface area contributed by atoms with Gasteiger partial charge in [-0.2, -0.15) is 13.2 Å². The number of carbonyl (C=O) groups is 2. The largest absolute Gasteiger partial charge is 0.419 e. The van der Waals surface area contributed by atoms with Crippen LogP contribution in [-0.4, -0.2) is 52.8 Å². The van der Waals surface area contributed by atoms with Crippen LogP contribution in [0.5, 0.6) is 0 Å². The number of amides is 2. The summed E-state index contributed by atoms with van der Waals surface area (Å²) >= 11 is 3.38. The fraction of sp³-hybridized carbons (Fsp3) is 0.238. The third-order valence-electron chi connectivity index (χ3n) is 5.19. The zero-order valence-corrected chi connectivity index (χ0v) is 17.6. The molecule has 31 heavy (non-hydrogen) atoms. The molecular weight excluding hydrogens is 482 g/mol. The maximum atomic E-state index is 13.8. The molecule has 0 spiro atoms. The van der Waals surface area contributed by atoms with Crippen molar-refractivity contribution in [2.45, 2.75) is 6.18 Å². The summed E-state index contributed by atoms with van der Waals surface area (Å²) < 4.78 is 52.8. The molecule has 5 nitrogen and oxygen atoms in total. The quantitative estimate of drug-likeness (QED) is 0.522. The Kier molecular flexibility index (Phi) is 5.50. The summed E-state index contributed by atoms with van der Waals surface area (Å²) in [4.78, 5) is 31.4. The van der Waals surface area contributed by atoms with Crippen molar-refractivity contribution in [3.05, 3.63) is 69.6 Å². The molecule has 2 heterocycles. The second-order valence-electron chi connectivity index (χ2n) is 7.19. The van der Waals surface area contributed by atoms with E-state index in [0.717, 1.165) is 21.4 Å². The topological polar surface area (TPSA) is 56.4 Å². The van der Waals surface area contributed by atoms with Gasteiger partial charge in [0.05, 0.1) is 5.56 Å². The van der Waals surface area contributed by atoms with Crippen LogP contribution in [0.25, 0.3) is 10.9 Å². The standard InChI is InChI=1S/C21H16BrF4N3O2/c22-14-3-1-12-10-18(27-17(12)11-14)20(31)29-7-5-28(6-8-29)19(30)13-2-4-15(16(23)9-13)21(24,25)26/h1-4,9-11,27H,5-8H2. The van der Waals surface area contributed by atoms with E-state index in [0.29, 0.717) is 17.8 Å². The maximum absolute atomic E-state index is 13.8. The number of carbonyl (C=O) groups excluding carboxylic acids is 2. The monoisotopic (exact) mass is 497 g/mol. The SMILES string of the molecule is O=C(c1ccc(C(F)(F)F)c(F)c1)N1CCN(C(=O)c2cc3ccc(Br)cc3[nH]2)CC1. The van der Waals surface area contributed by atoms with Crippen LogP contribution >= 0.6 is 15.9 Å². The first-order valence-corrected chi connectivity index (χ1v) is 10.2. The van der Waals surface area contributed by atoms with Crippen molar-refractivity contribution in [1.29, 1.82) is 0 Å². The van der Waals surface area contributed by atoms with E-state index < -0.39 is 23.5 Å². The molecule has 0 saturated carbocycles. The fourth-order valence-electron chi connectivity index (χ4n) is 3.56. The summed E-state index contributed by atoms with van der Waals surface area (Å²) in [5.41, 5.74) is -0.329. The van der Waals surface area contributed by atoms with Crippen LogP contribution in [0.2, 0.25) is 0 Å². The predicted octanol–water partition coefficient (Wildman–Crippen LogP) is 4.69. The van der Waals surface area contributed by atoms with Gasteiger partial charge in [0.15, 0.2) is 0 Å². The van der Waals surface area contributed by atoms with Crippen LogP contribution in [0.15, 0.2) is 46.9 Å². The predicted molar refractivity (Wildman–Crippen MR) is 109 cm³/mol. The van der Waals surface area contributed by atoms with Crippen LogP contribution in [0.3, 0.4) is 0 Å². The van der Waals surface area contributed by atoms with Crippen molar-refractivity contribution in [1.82, 2.24) is 14.8 Å². The van der Waals surface area contributed by atoms with Gasteiger partial charge in [0.1, 0.15) is 11.5 Å². The van der Waals surface area contributed by atoms with Gasteiger partial charge < -0.3 is 14.8 Å². The molecule has 10 heteroatoms. The van der Waals surface area contributed by atoms with Crippen LogP contribution in [0, 0.1) is 5.82 Å². The fourth-order valence-corrected chi connectivity index (χ4v) is 3.92. The number of hydrogen-bond acceptors (Lipinski definition) is 2. The lowest BCUT2D eigenvalue weighted by molar-refractivity contribution is -0.140. The highest BCUT2D eigenvalue weighted by Crippen LogP contribution is 2.31. The number of fused-ring (bicyclic) bond motifs is 1. The lowest BCUT2D eigenvalue weighted by atomic mass is 10.1. The Morgan fingerprint density at radius 1 is 0.903 bits per heavy atom. The number of nitrogens with one attached hydrogen (secondary N) is 1. The van der Waals surface area contributed by atoms with Gasteiger partial charge in [-0.3, -0.25) is 9.59 Å². The molecule has 1 aliphatic heterocycles. The summed E-state index contributed by atoms with van der Waals surface area (Å²) in [6, 6.07) is 9.51. The van der Waals surface area contributed by atoms with Gasteiger partial charge in [0.2, 0.25) is 0 Å². The number of rotatable bonds is 2. The first-order valence-electron chi connectivity index (χ1n) is 9.37. The molecule has 0 bridgehead atoms. The first-order chi connectivity index (χ1) is 14.6. The first kappa shape index (κ1) is 21.4. The lowest BCUT2D eigenvalue weighted by Gasteiger charge is -2.34. The van der Waals surface area contributed by atoms with Crippen LogP contribution in [-0.2, 0) is 6.18 Å². The Labute approximate surface area is 182 Å². The summed E-state index contributed by atoms with van der Waals surface area (Å²) in [6.45, 7) is 0.900. The minimum Gasteiger partial charge on any atom is -0.350 e. The van der Waals surface area contributed by atoms with Gasteiger partial charge in [0.25, 0.3) is 11.8 Å². The van der Waals surface area contributed by atoms with Gasteiger partial charge in [0, 0.05) is 47.1 Å². The van der Waals surface area contributed by atoms with Crippen LogP contribution in [0.4, 0.5) is 17.6 Å². The number of piperazine rings is 1. The Bertz CT molecular complexity index is 1170. The number of aromatic nitrogens is 1. The van der Waals surface area contributed by atoms with E-state index in [1.54, 1.807) is 11.0 Å². The number of aromatic amines is 1. The van der Waals surface area contributed by atoms with Crippen molar-refractivity contribution in [3.8, 4) is 0 Å². The Morgan fingerprint density at radius 3 is 2.16 bits per heavy atom. The van der Waals surface area contributed by atoms with Crippen LogP contribution < -0.4 is 0 Å². The number of alkyl halides is 3. The molecule has 1 aliphatic rings. The van der Waals surface area contributed by atoms with Gasteiger partial charge in [-0.1, -0.05) is 22.0 Å². The molecule has 1 aromatic heterocycles. The number of hydrogen-bond donors (Lipinski definition) is 1. The normalized spacial score (nSPS) is 14.9. The summed E-state index contributed by atoms with van der Waals surface area (Å²) in [5.74, 6) is -2.27. The molecule has 0 radical (unpaired) electrons.